The summed E-state index contributed by atoms with van der Waals surface area (Å²) in [4.78, 5) is 0. The second-order valence-electron chi connectivity index (χ2n) is 4.28. The topological polar surface area (TPSA) is 90.2 Å². The Hall–Kier alpha value is -1.40. The van der Waals surface area contributed by atoms with Crippen LogP contribution in [0.1, 0.15) is 12.0 Å². The Labute approximate surface area is 105 Å². The molecule has 1 heterocycles. The maximum atomic E-state index is 9.89. The van der Waals surface area contributed by atoms with E-state index in [1.165, 1.54) is 6.08 Å². The Morgan fingerprint density at radius 3 is 2.50 bits per heavy atom. The van der Waals surface area contributed by atoms with E-state index in [1.807, 2.05) is 6.07 Å². The van der Waals surface area contributed by atoms with Gasteiger partial charge in [-0.25, -0.2) is 0 Å². The van der Waals surface area contributed by atoms with Gasteiger partial charge in [0.2, 0.25) is 0 Å². The zero-order valence-corrected chi connectivity index (χ0v) is 9.68. The number of hydrogen-bond acceptors (Lipinski definition) is 5. The Kier molecular flexibility index (Phi) is 3.98. The predicted octanol–water partition coefficient (Wildman–Crippen LogP) is 0.415. The van der Waals surface area contributed by atoms with Crippen molar-refractivity contribution in [1.29, 1.82) is 0 Å². The largest absolute Gasteiger partial charge is 0.509 e. The van der Waals surface area contributed by atoms with Gasteiger partial charge >= 0.3 is 0 Å². The summed E-state index contributed by atoms with van der Waals surface area (Å²) in [6.07, 6.45) is -3.34. The van der Waals surface area contributed by atoms with Crippen LogP contribution in [-0.2, 0) is 4.74 Å². The summed E-state index contributed by atoms with van der Waals surface area (Å²) in [5.74, 6) is -0.230. The first-order chi connectivity index (χ1) is 8.58. The molecule has 0 aromatic heterocycles. The van der Waals surface area contributed by atoms with Crippen LogP contribution in [0.15, 0.2) is 36.1 Å². The van der Waals surface area contributed by atoms with E-state index in [2.05, 4.69) is 0 Å². The second-order valence-corrected chi connectivity index (χ2v) is 4.28. The van der Waals surface area contributed by atoms with Crippen LogP contribution >= 0.6 is 0 Å². The van der Waals surface area contributed by atoms with Crippen molar-refractivity contribution in [1.82, 2.24) is 0 Å². The molecule has 0 spiro atoms. The van der Waals surface area contributed by atoms with Gasteiger partial charge in [-0.2, -0.15) is 0 Å². The molecule has 0 radical (unpaired) electrons. The van der Waals surface area contributed by atoms with Gasteiger partial charge in [0.1, 0.15) is 18.0 Å². The van der Waals surface area contributed by atoms with Gasteiger partial charge in [-0.1, -0.05) is 30.3 Å². The van der Waals surface area contributed by atoms with Crippen molar-refractivity contribution in [2.24, 2.45) is 0 Å². The first-order valence-electron chi connectivity index (χ1n) is 5.73. The van der Waals surface area contributed by atoms with Crippen molar-refractivity contribution >= 4 is 6.08 Å². The highest BCUT2D eigenvalue weighted by atomic mass is 16.6. The quantitative estimate of drug-likeness (QED) is 0.573. The molecule has 1 aliphatic rings. The number of aliphatic hydroxyl groups is 4. The summed E-state index contributed by atoms with van der Waals surface area (Å²) >= 11 is 0. The molecule has 0 aliphatic carbocycles. The van der Waals surface area contributed by atoms with Crippen LogP contribution in [0.4, 0.5) is 0 Å². The molecule has 0 saturated carbocycles. The minimum atomic E-state index is -1.26. The van der Waals surface area contributed by atoms with E-state index in [0.29, 0.717) is 0 Å². The summed E-state index contributed by atoms with van der Waals surface area (Å²) in [7, 11) is 0. The summed E-state index contributed by atoms with van der Waals surface area (Å²) in [6, 6.07) is 9.01. The smallest absolute Gasteiger partial charge is 0.158 e. The minimum absolute atomic E-state index is 0.0731. The van der Waals surface area contributed by atoms with Crippen LogP contribution in [0.5, 0.6) is 0 Å². The van der Waals surface area contributed by atoms with Gasteiger partial charge in [0.05, 0.1) is 6.10 Å². The molecule has 4 atom stereocenters. The monoisotopic (exact) mass is 252 g/mol. The minimum Gasteiger partial charge on any atom is -0.509 e. The van der Waals surface area contributed by atoms with E-state index in [4.69, 9.17) is 4.74 Å². The fourth-order valence-electron chi connectivity index (χ4n) is 1.90. The Morgan fingerprint density at radius 2 is 1.83 bits per heavy atom. The molecule has 1 aromatic carbocycles. The molecule has 1 aliphatic heterocycles. The Bertz CT molecular complexity index is 417. The van der Waals surface area contributed by atoms with Gasteiger partial charge in [-0.3, -0.25) is 0 Å². The highest BCUT2D eigenvalue weighted by Crippen LogP contribution is 2.24. The molecule has 1 fully saturated rings. The zero-order chi connectivity index (χ0) is 13.1. The number of rotatable bonds is 2. The van der Waals surface area contributed by atoms with Gasteiger partial charge in [-0.15, -0.1) is 0 Å². The molecule has 2 rings (SSSR count). The van der Waals surface area contributed by atoms with Gasteiger partial charge in [0, 0.05) is 6.42 Å². The SMILES string of the molecule is OC(=Cc1ccccc1)[C@H]1O[C@H](O)C[C@@H](O)[C@@H]1O. The first kappa shape index (κ1) is 13.0. The Morgan fingerprint density at radius 1 is 1.17 bits per heavy atom. The number of hydrogen-bond donors (Lipinski definition) is 4. The summed E-state index contributed by atoms with van der Waals surface area (Å²) < 4.78 is 5.03. The highest BCUT2D eigenvalue weighted by Gasteiger charge is 2.38. The fraction of sp³-hybridized carbons (Fsp3) is 0.385. The van der Waals surface area contributed by atoms with Gasteiger partial charge < -0.3 is 25.2 Å². The standard InChI is InChI=1S/C13H16O5/c14-9-7-11(16)18-13(12(9)17)10(15)6-8-4-2-1-3-5-8/h1-6,9,11-17H,7H2/t9-,11+,12+,13-/m1/s1. The van der Waals surface area contributed by atoms with Crippen molar-refractivity contribution in [3.05, 3.63) is 41.7 Å². The van der Waals surface area contributed by atoms with Crippen molar-refractivity contribution < 1.29 is 25.2 Å². The van der Waals surface area contributed by atoms with E-state index in [9.17, 15) is 20.4 Å². The van der Waals surface area contributed by atoms with Crippen LogP contribution in [-0.4, -0.2) is 45.0 Å². The highest BCUT2D eigenvalue weighted by molar-refractivity contribution is 5.51. The Balaban J connectivity index is 2.17. The summed E-state index contributed by atoms with van der Waals surface area (Å²) in [5, 5.41) is 38.5. The molecular formula is C13H16O5. The second kappa shape index (κ2) is 5.49. The average molecular weight is 252 g/mol. The van der Waals surface area contributed by atoms with Gasteiger partial charge in [0.15, 0.2) is 6.29 Å². The van der Waals surface area contributed by atoms with Crippen molar-refractivity contribution in [2.75, 3.05) is 0 Å². The van der Waals surface area contributed by atoms with Crippen LogP contribution in [0.25, 0.3) is 6.08 Å². The number of aliphatic hydroxyl groups excluding tert-OH is 4. The van der Waals surface area contributed by atoms with Crippen LogP contribution in [0.2, 0.25) is 0 Å². The molecule has 0 amide bonds. The van der Waals surface area contributed by atoms with Crippen molar-refractivity contribution in [2.45, 2.75) is 31.0 Å². The maximum absolute atomic E-state index is 9.89. The molecular weight excluding hydrogens is 236 g/mol. The maximum Gasteiger partial charge on any atom is 0.158 e. The zero-order valence-electron chi connectivity index (χ0n) is 9.68. The van der Waals surface area contributed by atoms with E-state index in [1.54, 1.807) is 24.3 Å². The van der Waals surface area contributed by atoms with Crippen molar-refractivity contribution in [3.63, 3.8) is 0 Å². The summed E-state index contributed by atoms with van der Waals surface area (Å²) in [5.41, 5.74) is 0.736. The number of benzene rings is 1. The molecule has 1 saturated heterocycles. The van der Waals surface area contributed by atoms with Crippen molar-refractivity contribution in [3.8, 4) is 0 Å². The van der Waals surface area contributed by atoms with Crippen LogP contribution in [0, 0.1) is 0 Å². The van der Waals surface area contributed by atoms with E-state index >= 15 is 0 Å². The lowest BCUT2D eigenvalue weighted by molar-refractivity contribution is -0.227. The van der Waals surface area contributed by atoms with Gasteiger partial charge in [0.25, 0.3) is 0 Å². The van der Waals surface area contributed by atoms with Crippen LogP contribution < -0.4 is 0 Å². The number of ether oxygens (including phenoxy) is 1. The molecule has 5 heteroatoms. The van der Waals surface area contributed by atoms with Gasteiger partial charge in [-0.05, 0) is 11.6 Å². The third-order valence-corrected chi connectivity index (χ3v) is 2.86. The normalized spacial score (nSPS) is 33.4. The lowest BCUT2D eigenvalue weighted by Gasteiger charge is -2.34. The fourth-order valence-corrected chi connectivity index (χ4v) is 1.90. The lowest BCUT2D eigenvalue weighted by Crippen LogP contribution is -2.49. The molecule has 4 N–H and O–H groups in total. The first-order valence-corrected chi connectivity index (χ1v) is 5.73. The molecule has 98 valence electrons. The lowest BCUT2D eigenvalue weighted by atomic mass is 9.99. The predicted molar refractivity (Wildman–Crippen MR) is 64.6 cm³/mol. The van der Waals surface area contributed by atoms with Crippen LogP contribution in [0.3, 0.4) is 0 Å². The average Bonchev–Trinajstić information content (AvgIpc) is 2.35. The third-order valence-electron chi connectivity index (χ3n) is 2.86. The molecule has 5 nitrogen and oxygen atoms in total. The third kappa shape index (κ3) is 2.88. The van der Waals surface area contributed by atoms with E-state index in [-0.39, 0.29) is 12.2 Å². The summed E-state index contributed by atoms with van der Waals surface area (Å²) in [6.45, 7) is 0. The van der Waals surface area contributed by atoms with E-state index < -0.39 is 24.6 Å². The molecule has 1 aromatic rings. The van der Waals surface area contributed by atoms with E-state index in [0.717, 1.165) is 5.56 Å². The molecule has 0 unspecified atom stereocenters. The molecule has 0 bridgehead atoms. The molecule has 18 heavy (non-hydrogen) atoms.